The number of hydrogen-bond acceptors (Lipinski definition) is 5. The molecule has 0 aliphatic carbocycles. The van der Waals surface area contributed by atoms with Crippen LogP contribution in [0.1, 0.15) is 0 Å². The Bertz CT molecular complexity index is 362. The fourth-order valence-corrected chi connectivity index (χ4v) is 0.731. The van der Waals surface area contributed by atoms with E-state index in [2.05, 4.69) is 9.40 Å². The lowest BCUT2D eigenvalue weighted by atomic mass is 10.5. The summed E-state index contributed by atoms with van der Waals surface area (Å²) in [5.41, 5.74) is 5.90. The summed E-state index contributed by atoms with van der Waals surface area (Å²) in [5.74, 6) is -0.346. The van der Waals surface area contributed by atoms with E-state index >= 15 is 0 Å². The molecule has 2 heterocycles. The van der Waals surface area contributed by atoms with Gasteiger partial charge >= 0.3 is 5.95 Å². The van der Waals surface area contributed by atoms with Gasteiger partial charge in [0.25, 0.3) is 5.71 Å². The first-order valence-electron chi connectivity index (χ1n) is 2.59. The van der Waals surface area contributed by atoms with Gasteiger partial charge in [-0.15, -0.1) is 0 Å². The molecule has 0 bridgehead atoms. The molecule has 2 rings (SSSR count). The molecule has 0 amide bonds. The third-order valence-electron chi connectivity index (χ3n) is 1.20. The van der Waals surface area contributed by atoms with Crippen molar-refractivity contribution in [1.82, 2.24) is 4.98 Å². The molecule has 0 saturated heterocycles. The van der Waals surface area contributed by atoms with Crippen molar-refractivity contribution in [1.29, 1.82) is 0 Å². The lowest BCUT2D eigenvalue weighted by Crippen LogP contribution is -1.79. The highest BCUT2D eigenvalue weighted by Crippen LogP contribution is 2.31. The summed E-state index contributed by atoms with van der Waals surface area (Å²) in [5, 5.41) is 8.84. The van der Waals surface area contributed by atoms with Crippen LogP contribution in [0.5, 0.6) is 5.95 Å². The van der Waals surface area contributed by atoms with E-state index < -0.39 is 0 Å². The van der Waals surface area contributed by atoms with Crippen molar-refractivity contribution in [2.75, 3.05) is 5.73 Å². The quantitative estimate of drug-likeness (QED) is 0.562. The zero-order valence-corrected chi connectivity index (χ0v) is 4.87. The van der Waals surface area contributed by atoms with E-state index in [1.807, 2.05) is 0 Å². The number of hydrogen-bond donors (Lipinski definition) is 2. The Balaban J connectivity index is 2.95. The van der Waals surface area contributed by atoms with Crippen molar-refractivity contribution in [2.45, 2.75) is 0 Å². The highest BCUT2D eigenvalue weighted by atomic mass is 16.5. The highest BCUT2D eigenvalue weighted by Gasteiger charge is 2.13. The van der Waals surface area contributed by atoms with Crippen molar-refractivity contribution >= 4 is 17.0 Å². The topological polar surface area (TPSA) is 85.4 Å². The van der Waals surface area contributed by atoms with Gasteiger partial charge in [-0.1, -0.05) is 0 Å². The number of nitrogens with zero attached hydrogens (tertiary/aromatic N) is 1. The summed E-state index contributed by atoms with van der Waals surface area (Å²) in [6.45, 7) is 0. The number of fused-ring (bicyclic) bond motifs is 1. The lowest BCUT2D eigenvalue weighted by molar-refractivity contribution is 0.346. The van der Waals surface area contributed by atoms with Crippen LogP contribution in [0.15, 0.2) is 15.2 Å². The highest BCUT2D eigenvalue weighted by molar-refractivity contribution is 5.84. The van der Waals surface area contributed by atoms with E-state index in [4.69, 9.17) is 15.3 Å². The minimum absolute atomic E-state index is 0.0903. The summed E-state index contributed by atoms with van der Waals surface area (Å²) in [4.78, 5) is 3.63. The molecule has 5 nitrogen and oxygen atoms in total. The van der Waals surface area contributed by atoms with E-state index in [-0.39, 0.29) is 22.9 Å². The number of oxazole rings is 1. The number of anilines is 1. The van der Waals surface area contributed by atoms with Crippen LogP contribution in [0.3, 0.4) is 0 Å². The molecule has 2 aromatic rings. The predicted molar refractivity (Wildman–Crippen MR) is 32.4 cm³/mol. The molecule has 10 heavy (non-hydrogen) atoms. The summed E-state index contributed by atoms with van der Waals surface area (Å²) in [6, 6.07) is 0. The van der Waals surface area contributed by atoms with Gasteiger partial charge in [-0.25, -0.2) is 0 Å². The maximum atomic E-state index is 8.84. The number of nitrogen functional groups attached to an aromatic ring is 1. The smallest absolute Gasteiger partial charge is 0.312 e. The molecule has 0 atom stereocenters. The van der Waals surface area contributed by atoms with Gasteiger partial charge in [-0.2, -0.15) is 4.98 Å². The molecule has 52 valence electrons. The number of aromatic nitrogens is 1. The van der Waals surface area contributed by atoms with E-state index in [0.717, 1.165) is 0 Å². The van der Waals surface area contributed by atoms with Crippen LogP contribution in [0, 0.1) is 0 Å². The molecule has 0 aliphatic rings. The standard InChI is InChI=1S/C5H4N2O3/c6-2-3-4(7-1-9-3)10-5(2)8/h1,8H,6H2. The summed E-state index contributed by atoms with van der Waals surface area (Å²) in [6.07, 6.45) is 1.20. The molecular formula is C5H4N2O3. The second kappa shape index (κ2) is 1.44. The molecule has 0 unspecified atom stereocenters. The molecule has 0 radical (unpaired) electrons. The van der Waals surface area contributed by atoms with Crippen LogP contribution in [0.4, 0.5) is 5.69 Å². The van der Waals surface area contributed by atoms with E-state index in [1.165, 1.54) is 6.39 Å². The first-order chi connectivity index (χ1) is 4.79. The van der Waals surface area contributed by atoms with Crippen LogP contribution in [0.25, 0.3) is 11.3 Å². The second-order valence-electron chi connectivity index (χ2n) is 1.81. The normalized spacial score (nSPS) is 10.8. The molecule has 5 heteroatoms. The van der Waals surface area contributed by atoms with Gasteiger partial charge in [0, 0.05) is 0 Å². The van der Waals surface area contributed by atoms with E-state index in [0.29, 0.717) is 0 Å². The SMILES string of the molecule is Nc1c(O)oc2ncoc12. The van der Waals surface area contributed by atoms with Crippen LogP contribution >= 0.6 is 0 Å². The van der Waals surface area contributed by atoms with Gasteiger partial charge in [0.15, 0.2) is 12.1 Å². The third kappa shape index (κ3) is 0.439. The third-order valence-corrected chi connectivity index (χ3v) is 1.20. The Kier molecular flexibility index (Phi) is 0.743. The molecular weight excluding hydrogens is 136 g/mol. The van der Waals surface area contributed by atoms with Gasteiger partial charge in [0.05, 0.1) is 0 Å². The van der Waals surface area contributed by atoms with Gasteiger partial charge < -0.3 is 19.7 Å². The van der Waals surface area contributed by atoms with E-state index in [9.17, 15) is 0 Å². The number of nitrogens with two attached hydrogens (primary N) is 1. The number of rotatable bonds is 0. The fourth-order valence-electron chi connectivity index (χ4n) is 0.731. The summed E-state index contributed by atoms with van der Waals surface area (Å²) in [7, 11) is 0. The first-order valence-corrected chi connectivity index (χ1v) is 2.59. The Morgan fingerprint density at radius 3 is 3.10 bits per heavy atom. The Morgan fingerprint density at radius 1 is 1.60 bits per heavy atom. The maximum absolute atomic E-state index is 8.84. The van der Waals surface area contributed by atoms with Crippen molar-refractivity contribution in [2.24, 2.45) is 0 Å². The number of aromatic hydroxyl groups is 1. The zero-order valence-electron chi connectivity index (χ0n) is 4.87. The van der Waals surface area contributed by atoms with Crippen LogP contribution in [-0.4, -0.2) is 10.1 Å². The Hall–Kier alpha value is -1.65. The second-order valence-corrected chi connectivity index (χ2v) is 1.81. The maximum Gasteiger partial charge on any atom is 0.312 e. The minimum atomic E-state index is -0.346. The molecule has 2 aromatic heterocycles. The zero-order chi connectivity index (χ0) is 7.14. The molecule has 3 N–H and O–H groups in total. The van der Waals surface area contributed by atoms with Crippen molar-refractivity contribution in [3.8, 4) is 5.95 Å². The van der Waals surface area contributed by atoms with Gasteiger partial charge in [-0.3, -0.25) is 0 Å². The summed E-state index contributed by atoms with van der Waals surface area (Å²) >= 11 is 0. The Labute approximate surface area is 55.1 Å². The lowest BCUT2D eigenvalue weighted by Gasteiger charge is -1.80. The molecule has 0 aromatic carbocycles. The van der Waals surface area contributed by atoms with Gasteiger partial charge in [0.1, 0.15) is 0 Å². The van der Waals surface area contributed by atoms with Crippen molar-refractivity contribution in [3.63, 3.8) is 0 Å². The average molecular weight is 140 g/mol. The fraction of sp³-hybridized carbons (Fsp3) is 0. The first kappa shape index (κ1) is 5.16. The monoisotopic (exact) mass is 140 g/mol. The largest absolute Gasteiger partial charge is 0.479 e. The van der Waals surface area contributed by atoms with Crippen molar-refractivity contribution in [3.05, 3.63) is 6.39 Å². The van der Waals surface area contributed by atoms with Crippen molar-refractivity contribution < 1.29 is 13.9 Å². The van der Waals surface area contributed by atoms with Crippen LogP contribution in [0.2, 0.25) is 0 Å². The molecule has 0 aliphatic heterocycles. The Morgan fingerprint density at radius 2 is 2.40 bits per heavy atom. The van der Waals surface area contributed by atoms with Gasteiger partial charge in [0.2, 0.25) is 5.58 Å². The number of furan rings is 1. The molecule has 0 fully saturated rings. The molecule has 0 saturated carbocycles. The average Bonchev–Trinajstić information content (AvgIpc) is 2.41. The predicted octanol–water partition coefficient (Wildman–Crippen LogP) is 0.709. The summed E-state index contributed by atoms with van der Waals surface area (Å²) < 4.78 is 9.44. The minimum Gasteiger partial charge on any atom is -0.479 e. The molecule has 0 spiro atoms. The van der Waals surface area contributed by atoms with E-state index in [1.54, 1.807) is 0 Å². The van der Waals surface area contributed by atoms with Crippen LogP contribution < -0.4 is 5.73 Å². The van der Waals surface area contributed by atoms with Crippen LogP contribution in [-0.2, 0) is 0 Å². The van der Waals surface area contributed by atoms with Gasteiger partial charge in [-0.05, 0) is 0 Å².